The van der Waals surface area contributed by atoms with E-state index in [1.54, 1.807) is 12.2 Å². The summed E-state index contributed by atoms with van der Waals surface area (Å²) < 4.78 is 0. The van der Waals surface area contributed by atoms with Crippen molar-refractivity contribution in [3.8, 4) is 0 Å². The van der Waals surface area contributed by atoms with Crippen LogP contribution in [0.4, 0.5) is 0 Å². The summed E-state index contributed by atoms with van der Waals surface area (Å²) in [5.41, 5.74) is 0.832. The Labute approximate surface area is 65.5 Å². The highest BCUT2D eigenvalue weighted by atomic mass is 35.5. The molecule has 0 fully saturated rings. The molecule has 0 rings (SSSR count). The van der Waals surface area contributed by atoms with Crippen LogP contribution in [0, 0.1) is 0 Å². The van der Waals surface area contributed by atoms with Crippen molar-refractivity contribution in [3.05, 3.63) is 35.9 Å². The van der Waals surface area contributed by atoms with Gasteiger partial charge < -0.3 is 0 Å². The third kappa shape index (κ3) is 5.67. The number of hydrogen-bond acceptors (Lipinski definition) is 0. The van der Waals surface area contributed by atoms with Crippen LogP contribution in [0.2, 0.25) is 0 Å². The number of halogens is 2. The second kappa shape index (κ2) is 4.66. The second-order valence-electron chi connectivity index (χ2n) is 1.57. The molecule has 0 spiro atoms. The molecule has 0 bridgehead atoms. The lowest BCUT2D eigenvalue weighted by Crippen LogP contribution is -1.72. The van der Waals surface area contributed by atoms with Gasteiger partial charge in [0.25, 0.3) is 0 Å². The van der Waals surface area contributed by atoms with Crippen molar-refractivity contribution in [2.75, 3.05) is 5.88 Å². The van der Waals surface area contributed by atoms with Gasteiger partial charge in [-0.15, -0.1) is 11.6 Å². The van der Waals surface area contributed by atoms with Crippen molar-refractivity contribution in [1.82, 2.24) is 0 Å². The summed E-state index contributed by atoms with van der Waals surface area (Å²) in [5.74, 6) is 0.431. The lowest BCUT2D eigenvalue weighted by Gasteiger charge is -1.87. The molecule has 2 heteroatoms. The highest BCUT2D eigenvalue weighted by Crippen LogP contribution is 2.02. The first-order valence-corrected chi connectivity index (χ1v) is 3.34. The molecule has 0 aromatic carbocycles. The first-order valence-electron chi connectivity index (χ1n) is 2.43. The van der Waals surface area contributed by atoms with E-state index in [1.165, 1.54) is 0 Å². The molecule has 0 unspecified atom stereocenters. The first-order chi connectivity index (χ1) is 4.16. The van der Waals surface area contributed by atoms with Gasteiger partial charge in [-0.05, 0) is 11.6 Å². The van der Waals surface area contributed by atoms with E-state index < -0.39 is 0 Å². The molecule has 0 aliphatic rings. The van der Waals surface area contributed by atoms with E-state index in [-0.39, 0.29) is 0 Å². The van der Waals surface area contributed by atoms with Crippen LogP contribution in [0.15, 0.2) is 35.9 Å². The third-order valence-electron chi connectivity index (χ3n) is 0.672. The van der Waals surface area contributed by atoms with Gasteiger partial charge in [-0.1, -0.05) is 30.8 Å². The maximum absolute atomic E-state index is 5.41. The van der Waals surface area contributed by atoms with Gasteiger partial charge in [0.15, 0.2) is 0 Å². The topological polar surface area (TPSA) is 0 Å². The average Bonchev–Trinajstić information content (AvgIpc) is 1.83. The number of alkyl halides is 1. The van der Waals surface area contributed by atoms with Gasteiger partial charge in [0, 0.05) is 10.9 Å². The van der Waals surface area contributed by atoms with Gasteiger partial charge >= 0.3 is 0 Å². The Hall–Kier alpha value is -0.200. The average molecular weight is 163 g/mol. The first kappa shape index (κ1) is 8.80. The van der Waals surface area contributed by atoms with Crippen LogP contribution >= 0.6 is 23.2 Å². The molecule has 50 valence electrons. The number of allylic oxidation sites excluding steroid dienone is 4. The van der Waals surface area contributed by atoms with Crippen molar-refractivity contribution in [1.29, 1.82) is 0 Å². The molecule has 0 heterocycles. The highest BCUT2D eigenvalue weighted by Gasteiger charge is 1.82. The maximum atomic E-state index is 5.41. The van der Waals surface area contributed by atoms with E-state index in [1.807, 2.05) is 0 Å². The van der Waals surface area contributed by atoms with Gasteiger partial charge in [-0.3, -0.25) is 0 Å². The van der Waals surface area contributed by atoms with Crippen molar-refractivity contribution in [3.63, 3.8) is 0 Å². The Morgan fingerprint density at radius 2 is 1.89 bits per heavy atom. The molecule has 0 amide bonds. The van der Waals surface area contributed by atoms with Crippen LogP contribution < -0.4 is 0 Å². The zero-order valence-electron chi connectivity index (χ0n) is 5.03. The van der Waals surface area contributed by atoms with E-state index >= 15 is 0 Å². The standard InChI is InChI=1S/C7H8Cl2/c1-6(5-8)3-4-7(2)9/h3-4H,1-2,5H2/b4-3-. The summed E-state index contributed by atoms with van der Waals surface area (Å²) in [6, 6.07) is 0. The maximum Gasteiger partial charge on any atom is 0.0468 e. The lowest BCUT2D eigenvalue weighted by molar-refractivity contribution is 1.57. The SMILES string of the molecule is C=C(Cl)/C=C\C(=C)CCl. The summed E-state index contributed by atoms with van der Waals surface area (Å²) >= 11 is 10.8. The van der Waals surface area contributed by atoms with Crippen LogP contribution in [0.5, 0.6) is 0 Å². The van der Waals surface area contributed by atoms with Crippen LogP contribution in [0.1, 0.15) is 0 Å². The molecule has 0 nitrogen and oxygen atoms in total. The van der Waals surface area contributed by atoms with Gasteiger partial charge in [-0.25, -0.2) is 0 Å². The molecule has 0 radical (unpaired) electrons. The molecular formula is C7H8Cl2. The summed E-state index contributed by atoms with van der Waals surface area (Å²) in [5, 5.41) is 0.487. The minimum Gasteiger partial charge on any atom is -0.122 e. The van der Waals surface area contributed by atoms with Crippen LogP contribution in [-0.4, -0.2) is 5.88 Å². The van der Waals surface area contributed by atoms with Crippen LogP contribution in [-0.2, 0) is 0 Å². The second-order valence-corrected chi connectivity index (χ2v) is 2.32. The molecule has 0 aromatic heterocycles. The Morgan fingerprint density at radius 1 is 1.33 bits per heavy atom. The van der Waals surface area contributed by atoms with Gasteiger partial charge in [-0.2, -0.15) is 0 Å². The Balaban J connectivity index is 3.71. The summed E-state index contributed by atoms with van der Waals surface area (Å²) in [6.07, 6.45) is 3.40. The van der Waals surface area contributed by atoms with Crippen LogP contribution in [0.3, 0.4) is 0 Å². The normalized spacial score (nSPS) is 10.0. The highest BCUT2D eigenvalue weighted by molar-refractivity contribution is 6.30. The Kier molecular flexibility index (Phi) is 4.55. The largest absolute Gasteiger partial charge is 0.122 e. The summed E-state index contributed by atoms with van der Waals surface area (Å²) in [7, 11) is 0. The molecule has 0 N–H and O–H groups in total. The van der Waals surface area contributed by atoms with Gasteiger partial charge in [0.2, 0.25) is 0 Å². The molecule has 0 aliphatic heterocycles. The van der Waals surface area contributed by atoms with Gasteiger partial charge in [0.1, 0.15) is 0 Å². The van der Waals surface area contributed by atoms with E-state index in [2.05, 4.69) is 13.2 Å². The van der Waals surface area contributed by atoms with E-state index in [9.17, 15) is 0 Å². The van der Waals surface area contributed by atoms with Crippen molar-refractivity contribution >= 4 is 23.2 Å². The van der Waals surface area contributed by atoms with E-state index in [0.717, 1.165) is 5.57 Å². The fourth-order valence-corrected chi connectivity index (χ4v) is 0.405. The fourth-order valence-electron chi connectivity index (χ4n) is 0.253. The Bertz CT molecular complexity index is 145. The molecule has 0 atom stereocenters. The quantitative estimate of drug-likeness (QED) is 0.443. The van der Waals surface area contributed by atoms with Crippen molar-refractivity contribution in [2.24, 2.45) is 0 Å². The lowest BCUT2D eigenvalue weighted by atomic mass is 10.3. The molecule has 0 aromatic rings. The molecule has 9 heavy (non-hydrogen) atoms. The molecule has 0 saturated heterocycles. The fraction of sp³-hybridized carbons (Fsp3) is 0.143. The van der Waals surface area contributed by atoms with E-state index in [0.29, 0.717) is 10.9 Å². The summed E-state index contributed by atoms with van der Waals surface area (Å²) in [4.78, 5) is 0. The van der Waals surface area contributed by atoms with E-state index in [4.69, 9.17) is 23.2 Å². The zero-order valence-corrected chi connectivity index (χ0v) is 6.54. The Morgan fingerprint density at radius 3 is 2.22 bits per heavy atom. The third-order valence-corrected chi connectivity index (χ3v) is 1.14. The monoisotopic (exact) mass is 162 g/mol. The number of rotatable bonds is 3. The summed E-state index contributed by atoms with van der Waals surface area (Å²) in [6.45, 7) is 7.08. The smallest absolute Gasteiger partial charge is 0.0468 e. The zero-order chi connectivity index (χ0) is 7.28. The minimum absolute atomic E-state index is 0.431. The molecule has 0 aliphatic carbocycles. The predicted octanol–water partition coefficient (Wildman–Crippen LogP) is 3.09. The van der Waals surface area contributed by atoms with Crippen molar-refractivity contribution < 1.29 is 0 Å². The minimum atomic E-state index is 0.431. The molecule has 0 saturated carbocycles. The molecular weight excluding hydrogens is 155 g/mol. The van der Waals surface area contributed by atoms with Gasteiger partial charge in [0.05, 0.1) is 0 Å². The predicted molar refractivity (Wildman–Crippen MR) is 44.0 cm³/mol. The number of hydrogen-bond donors (Lipinski definition) is 0. The van der Waals surface area contributed by atoms with Crippen molar-refractivity contribution in [2.45, 2.75) is 0 Å². The van der Waals surface area contributed by atoms with Crippen LogP contribution in [0.25, 0.3) is 0 Å².